The Bertz CT molecular complexity index is 502. The van der Waals surface area contributed by atoms with Gasteiger partial charge in [0.25, 0.3) is 0 Å². The van der Waals surface area contributed by atoms with Crippen molar-refractivity contribution in [1.82, 2.24) is 4.98 Å². The van der Waals surface area contributed by atoms with Crippen LogP contribution in [-0.4, -0.2) is 35.9 Å². The number of rotatable bonds is 4. The summed E-state index contributed by atoms with van der Waals surface area (Å²) in [6, 6.07) is 3.15. The fraction of sp³-hybridized carbons (Fsp3) is 0.533. The van der Waals surface area contributed by atoms with Crippen molar-refractivity contribution >= 4 is 17.6 Å². The van der Waals surface area contributed by atoms with Crippen molar-refractivity contribution in [2.45, 2.75) is 39.2 Å². The van der Waals surface area contributed by atoms with Gasteiger partial charge >= 0.3 is 5.97 Å². The molecule has 1 aromatic heterocycles. The van der Waals surface area contributed by atoms with E-state index in [1.807, 2.05) is 4.90 Å². The molecule has 0 amide bonds. The zero-order valence-electron chi connectivity index (χ0n) is 12.0. The Labute approximate surface area is 118 Å². The van der Waals surface area contributed by atoms with Gasteiger partial charge in [-0.3, -0.25) is 4.79 Å². The molecular weight excluding hydrogens is 256 g/mol. The highest BCUT2D eigenvalue weighted by molar-refractivity contribution is 5.94. The maximum atomic E-state index is 12.0. The molecule has 108 valence electrons. The van der Waals surface area contributed by atoms with Gasteiger partial charge in [-0.05, 0) is 45.2 Å². The van der Waals surface area contributed by atoms with E-state index < -0.39 is 0 Å². The van der Waals surface area contributed by atoms with Gasteiger partial charge in [0.2, 0.25) is 0 Å². The average molecular weight is 276 g/mol. The molecule has 0 N–H and O–H groups in total. The molecule has 1 aromatic rings. The first kappa shape index (κ1) is 14.5. The van der Waals surface area contributed by atoms with Crippen LogP contribution in [0.5, 0.6) is 0 Å². The van der Waals surface area contributed by atoms with Crippen molar-refractivity contribution in [2.75, 3.05) is 18.1 Å². The summed E-state index contributed by atoms with van der Waals surface area (Å²) in [5.74, 6) is 0.469. The molecule has 0 bridgehead atoms. The number of ketones is 1. The third kappa shape index (κ3) is 3.15. The lowest BCUT2D eigenvalue weighted by atomic mass is 10.0. The molecule has 1 fully saturated rings. The molecule has 0 spiro atoms. The number of hydrogen-bond acceptors (Lipinski definition) is 5. The monoisotopic (exact) mass is 276 g/mol. The summed E-state index contributed by atoms with van der Waals surface area (Å²) in [5, 5.41) is 0. The second-order valence-electron chi connectivity index (χ2n) is 4.92. The van der Waals surface area contributed by atoms with Gasteiger partial charge in [-0.2, -0.15) is 0 Å². The van der Waals surface area contributed by atoms with E-state index in [-0.39, 0.29) is 17.8 Å². The lowest BCUT2D eigenvalue weighted by Gasteiger charge is -2.35. The highest BCUT2D eigenvalue weighted by atomic mass is 16.5. The second-order valence-corrected chi connectivity index (χ2v) is 4.92. The molecule has 0 radical (unpaired) electrons. The molecule has 1 atom stereocenters. The van der Waals surface area contributed by atoms with E-state index in [4.69, 9.17) is 4.74 Å². The predicted molar refractivity (Wildman–Crippen MR) is 75.9 cm³/mol. The van der Waals surface area contributed by atoms with Crippen LogP contribution in [0, 0.1) is 0 Å². The Morgan fingerprint density at radius 3 is 2.95 bits per heavy atom. The number of carbonyl (C=O) groups excluding carboxylic acids is 2. The molecular formula is C15H20N2O3. The molecule has 1 aliphatic rings. The van der Waals surface area contributed by atoms with Gasteiger partial charge in [0.1, 0.15) is 11.9 Å². The Morgan fingerprint density at radius 1 is 1.45 bits per heavy atom. The molecule has 1 saturated heterocycles. The number of nitrogens with zero attached hydrogens (tertiary/aromatic N) is 2. The quantitative estimate of drug-likeness (QED) is 0.623. The lowest BCUT2D eigenvalue weighted by Crippen LogP contribution is -2.46. The molecule has 5 heteroatoms. The first-order valence-corrected chi connectivity index (χ1v) is 7.03. The van der Waals surface area contributed by atoms with Crippen LogP contribution in [0.3, 0.4) is 0 Å². The van der Waals surface area contributed by atoms with Gasteiger partial charge in [-0.15, -0.1) is 0 Å². The topological polar surface area (TPSA) is 59.5 Å². The SMILES string of the molecule is CCOC(=O)C1CCCCN1c1cc(C(C)=O)ccn1. The highest BCUT2D eigenvalue weighted by Crippen LogP contribution is 2.24. The number of ether oxygens (including phenoxy) is 1. The number of aromatic nitrogens is 1. The molecule has 1 aliphatic heterocycles. The molecule has 1 unspecified atom stereocenters. The van der Waals surface area contributed by atoms with Crippen molar-refractivity contribution in [1.29, 1.82) is 0 Å². The van der Waals surface area contributed by atoms with Crippen molar-refractivity contribution < 1.29 is 14.3 Å². The van der Waals surface area contributed by atoms with Crippen LogP contribution in [0.4, 0.5) is 5.82 Å². The minimum Gasteiger partial charge on any atom is -0.464 e. The Kier molecular flexibility index (Phi) is 4.71. The second kappa shape index (κ2) is 6.50. The van der Waals surface area contributed by atoms with Crippen LogP contribution >= 0.6 is 0 Å². The first-order valence-electron chi connectivity index (χ1n) is 7.03. The zero-order valence-corrected chi connectivity index (χ0v) is 12.0. The number of esters is 1. The van der Waals surface area contributed by atoms with Gasteiger partial charge in [0.15, 0.2) is 5.78 Å². The summed E-state index contributed by atoms with van der Waals surface area (Å²) in [6.45, 7) is 4.47. The number of anilines is 1. The van der Waals surface area contributed by atoms with Crippen molar-refractivity contribution in [3.05, 3.63) is 23.9 Å². The average Bonchev–Trinajstić information content (AvgIpc) is 2.47. The number of hydrogen-bond donors (Lipinski definition) is 0. The van der Waals surface area contributed by atoms with Crippen LogP contribution in [0.2, 0.25) is 0 Å². The first-order chi connectivity index (χ1) is 9.63. The fourth-order valence-electron chi connectivity index (χ4n) is 2.48. The van der Waals surface area contributed by atoms with Crippen LogP contribution in [0.15, 0.2) is 18.3 Å². The lowest BCUT2D eigenvalue weighted by molar-refractivity contribution is -0.145. The Hall–Kier alpha value is -1.91. The standard InChI is InChI=1S/C15H20N2O3/c1-3-20-15(19)13-6-4-5-9-17(13)14-10-12(11(2)18)7-8-16-14/h7-8,10,13H,3-6,9H2,1-2H3. The number of carbonyl (C=O) groups is 2. The summed E-state index contributed by atoms with van der Waals surface area (Å²) in [6.07, 6.45) is 4.40. The highest BCUT2D eigenvalue weighted by Gasteiger charge is 2.30. The van der Waals surface area contributed by atoms with Gasteiger partial charge in [-0.1, -0.05) is 0 Å². The van der Waals surface area contributed by atoms with Gasteiger partial charge in [-0.25, -0.2) is 9.78 Å². The van der Waals surface area contributed by atoms with Crippen molar-refractivity contribution in [2.24, 2.45) is 0 Å². The molecule has 2 heterocycles. The third-order valence-electron chi connectivity index (χ3n) is 3.51. The molecule has 5 nitrogen and oxygen atoms in total. The smallest absolute Gasteiger partial charge is 0.328 e. The Morgan fingerprint density at radius 2 is 2.25 bits per heavy atom. The minimum absolute atomic E-state index is 0.00153. The predicted octanol–water partition coefficient (Wildman–Crippen LogP) is 2.21. The Balaban J connectivity index is 2.25. The van der Waals surface area contributed by atoms with Crippen LogP contribution < -0.4 is 4.90 Å². The summed E-state index contributed by atoms with van der Waals surface area (Å²) in [7, 11) is 0. The van der Waals surface area contributed by atoms with Crippen molar-refractivity contribution in [3.8, 4) is 0 Å². The van der Waals surface area contributed by atoms with E-state index in [9.17, 15) is 9.59 Å². The maximum Gasteiger partial charge on any atom is 0.328 e. The van der Waals surface area contributed by atoms with E-state index in [1.165, 1.54) is 6.92 Å². The molecule has 0 saturated carbocycles. The van der Waals surface area contributed by atoms with E-state index in [2.05, 4.69) is 4.98 Å². The van der Waals surface area contributed by atoms with Gasteiger partial charge in [0.05, 0.1) is 6.61 Å². The minimum atomic E-state index is -0.293. The summed E-state index contributed by atoms with van der Waals surface area (Å²) in [4.78, 5) is 29.8. The van der Waals surface area contributed by atoms with Crippen LogP contribution in [-0.2, 0) is 9.53 Å². The third-order valence-corrected chi connectivity index (χ3v) is 3.51. The normalized spacial score (nSPS) is 18.7. The maximum absolute atomic E-state index is 12.0. The summed E-state index contributed by atoms with van der Waals surface area (Å²) >= 11 is 0. The summed E-state index contributed by atoms with van der Waals surface area (Å²) < 4.78 is 5.14. The number of Topliss-reactive ketones (excluding diaryl/α,β-unsaturated/α-hetero) is 1. The van der Waals surface area contributed by atoms with Crippen LogP contribution in [0.25, 0.3) is 0 Å². The number of pyridine rings is 1. The van der Waals surface area contributed by atoms with E-state index >= 15 is 0 Å². The van der Waals surface area contributed by atoms with E-state index in [0.717, 1.165) is 25.8 Å². The van der Waals surface area contributed by atoms with Gasteiger partial charge < -0.3 is 9.64 Å². The zero-order chi connectivity index (χ0) is 14.5. The largest absolute Gasteiger partial charge is 0.464 e. The van der Waals surface area contributed by atoms with Gasteiger partial charge in [0, 0.05) is 18.3 Å². The van der Waals surface area contributed by atoms with E-state index in [0.29, 0.717) is 18.0 Å². The van der Waals surface area contributed by atoms with E-state index in [1.54, 1.807) is 25.3 Å². The molecule has 0 aliphatic carbocycles. The summed E-state index contributed by atoms with van der Waals surface area (Å²) in [5.41, 5.74) is 0.614. The molecule has 20 heavy (non-hydrogen) atoms. The number of piperidine rings is 1. The molecule has 2 rings (SSSR count). The fourth-order valence-corrected chi connectivity index (χ4v) is 2.48. The van der Waals surface area contributed by atoms with Crippen LogP contribution in [0.1, 0.15) is 43.5 Å². The van der Waals surface area contributed by atoms with Crippen molar-refractivity contribution in [3.63, 3.8) is 0 Å². The molecule has 0 aromatic carbocycles.